The summed E-state index contributed by atoms with van der Waals surface area (Å²) in [6, 6.07) is 14.6. The Bertz CT molecular complexity index is 720. The number of allylic oxidation sites excluding steroid dienone is 2. The lowest BCUT2D eigenvalue weighted by Crippen LogP contribution is -2.31. The third-order valence-corrected chi connectivity index (χ3v) is 4.93. The zero-order chi connectivity index (χ0) is 20.2. The van der Waals surface area contributed by atoms with Gasteiger partial charge >= 0.3 is 0 Å². The molecule has 0 amide bonds. The van der Waals surface area contributed by atoms with E-state index in [9.17, 15) is 3.89 Å². The van der Waals surface area contributed by atoms with Crippen molar-refractivity contribution in [1.82, 2.24) is 4.90 Å². The Hall–Kier alpha value is -1.84. The predicted octanol–water partition coefficient (Wildman–Crippen LogP) is 7.19. The molecule has 0 saturated heterocycles. The summed E-state index contributed by atoms with van der Waals surface area (Å²) < 4.78 is 13.0. The van der Waals surface area contributed by atoms with Crippen LogP contribution in [0.5, 0.6) is 0 Å². The normalized spacial score (nSPS) is 15.4. The summed E-state index contributed by atoms with van der Waals surface area (Å²) in [5, 5.41) is 0. The summed E-state index contributed by atoms with van der Waals surface area (Å²) in [6.07, 6.45) is 4.31. The Morgan fingerprint density at radius 2 is 1.78 bits per heavy atom. The van der Waals surface area contributed by atoms with E-state index in [1.54, 1.807) is 12.2 Å². The average Bonchev–Trinajstić information content (AvgIpc) is 2.74. The van der Waals surface area contributed by atoms with Gasteiger partial charge in [0.25, 0.3) is 0 Å². The molecule has 3 rings (SSSR count). The number of aryl methyl sites for hydroxylation is 1. The molecule has 0 aliphatic carbocycles. The van der Waals surface area contributed by atoms with Crippen LogP contribution in [-0.4, -0.2) is 18.5 Å². The fourth-order valence-electron chi connectivity index (χ4n) is 3.32. The summed E-state index contributed by atoms with van der Waals surface area (Å²) >= 11 is 0.336. The second kappa shape index (κ2) is 12.5. The van der Waals surface area contributed by atoms with Gasteiger partial charge in [-0.3, -0.25) is 0 Å². The van der Waals surface area contributed by atoms with Gasteiger partial charge in [0, 0.05) is 23.9 Å². The van der Waals surface area contributed by atoms with E-state index >= 15 is 0 Å². The van der Waals surface area contributed by atoms with Crippen molar-refractivity contribution in [2.45, 2.75) is 44.6 Å². The van der Waals surface area contributed by atoms with Crippen molar-refractivity contribution in [2.75, 3.05) is 13.6 Å². The number of likely N-dealkylation sites (N-methyl/N-ethyl adjacent to an activating group) is 1. The molecule has 1 aliphatic heterocycles. The maximum Gasteiger partial charge on any atom is 0.0812 e. The molecule has 1 unspecified atom stereocenters. The lowest BCUT2D eigenvalue weighted by atomic mass is 9.82. The van der Waals surface area contributed by atoms with E-state index in [1.807, 2.05) is 26.0 Å². The van der Waals surface area contributed by atoms with Crippen molar-refractivity contribution in [2.24, 2.45) is 0 Å². The molecule has 0 saturated carbocycles. The first-order valence-electron chi connectivity index (χ1n) is 9.55. The number of nitrogens with zero attached hydrogens (tertiary/aromatic N) is 1. The smallest absolute Gasteiger partial charge is 0.0812 e. The Balaban J connectivity index is 0.000000541. The molecule has 1 nitrogen and oxygen atoms in total. The molecule has 3 heteroatoms. The van der Waals surface area contributed by atoms with E-state index in [0.29, 0.717) is 23.0 Å². The van der Waals surface area contributed by atoms with E-state index in [-0.39, 0.29) is 0 Å². The van der Waals surface area contributed by atoms with E-state index < -0.39 is 0 Å². The molecule has 27 heavy (non-hydrogen) atoms. The average molecular weight is 386 g/mol. The monoisotopic (exact) mass is 385 g/mol. The minimum atomic E-state index is 0.335. The fourth-order valence-corrected chi connectivity index (χ4v) is 3.61. The third-order valence-electron chi connectivity index (χ3n) is 4.49. The van der Waals surface area contributed by atoms with Gasteiger partial charge < -0.3 is 4.90 Å². The first kappa shape index (κ1) is 23.2. The maximum atomic E-state index is 13.0. The van der Waals surface area contributed by atoms with Crippen LogP contribution in [0.2, 0.25) is 0 Å². The summed E-state index contributed by atoms with van der Waals surface area (Å²) in [4.78, 5) is 3.05. The van der Waals surface area contributed by atoms with Crippen LogP contribution in [0.15, 0.2) is 72.7 Å². The fraction of sp³-hybridized carbons (Fsp3) is 0.333. The van der Waals surface area contributed by atoms with Crippen LogP contribution >= 0.6 is 12.1 Å². The Kier molecular flexibility index (Phi) is 10.8. The van der Waals surface area contributed by atoms with Crippen LogP contribution in [0.25, 0.3) is 0 Å². The molecule has 0 aromatic heterocycles. The number of fused-ring (bicyclic) bond motifs is 1. The number of benzene rings is 2. The molecule has 0 fully saturated rings. The van der Waals surface area contributed by atoms with E-state index in [2.05, 4.69) is 62.4 Å². The highest BCUT2D eigenvalue weighted by atomic mass is 32.2. The summed E-state index contributed by atoms with van der Waals surface area (Å²) in [5.74, 6) is 0.335. The van der Waals surface area contributed by atoms with Crippen LogP contribution in [-0.2, 0) is 13.0 Å². The number of halogens is 1. The highest BCUT2D eigenvalue weighted by Crippen LogP contribution is 2.37. The summed E-state index contributed by atoms with van der Waals surface area (Å²) in [6.45, 7) is 14.8. The van der Waals surface area contributed by atoms with E-state index in [4.69, 9.17) is 0 Å². The SMILES string of the molecule is C=CC=C.CC.CCc1ccccc1C1CN(C)Cc2ccc(SF)cc21. The second-order valence-electron chi connectivity index (χ2n) is 6.21. The molecule has 0 radical (unpaired) electrons. The van der Waals surface area contributed by atoms with Crippen LogP contribution in [0.1, 0.15) is 48.9 Å². The minimum Gasteiger partial charge on any atom is -0.301 e. The van der Waals surface area contributed by atoms with E-state index in [0.717, 1.165) is 19.5 Å². The molecule has 146 valence electrons. The van der Waals surface area contributed by atoms with Crippen molar-refractivity contribution in [3.63, 3.8) is 0 Å². The Morgan fingerprint density at radius 1 is 1.11 bits per heavy atom. The molecule has 1 heterocycles. The van der Waals surface area contributed by atoms with E-state index in [1.165, 1.54) is 22.3 Å². The first-order valence-corrected chi connectivity index (χ1v) is 10.3. The minimum absolute atomic E-state index is 0.335. The molecular weight excluding hydrogens is 353 g/mol. The van der Waals surface area contributed by atoms with Gasteiger partial charge in [-0.1, -0.05) is 76.4 Å². The molecule has 2 aromatic carbocycles. The zero-order valence-corrected chi connectivity index (χ0v) is 17.9. The predicted molar refractivity (Wildman–Crippen MR) is 119 cm³/mol. The Labute approximate surface area is 169 Å². The van der Waals surface area contributed by atoms with Crippen molar-refractivity contribution < 1.29 is 3.89 Å². The standard InChI is InChI=1S/C18H20FNS.C4H6.C2H6/c1-3-13-6-4-5-7-16(13)18-12-20(2)11-14-8-9-15(21-19)10-17(14)18;1-3-4-2;1-2/h4-10,18H,3,11-12H2,1-2H3;3-4H,1-2H2;1-2H3. The lowest BCUT2D eigenvalue weighted by molar-refractivity contribution is 0.294. The first-order chi connectivity index (χ1) is 13.1. The highest BCUT2D eigenvalue weighted by Gasteiger charge is 2.26. The quantitative estimate of drug-likeness (QED) is 0.512. The molecule has 1 aliphatic rings. The second-order valence-corrected chi connectivity index (χ2v) is 6.84. The molecule has 0 bridgehead atoms. The summed E-state index contributed by atoms with van der Waals surface area (Å²) in [7, 11) is 2.16. The van der Waals surface area contributed by atoms with Gasteiger partial charge in [-0.2, -0.15) is 3.89 Å². The van der Waals surface area contributed by atoms with Gasteiger partial charge in [-0.25, -0.2) is 0 Å². The molecule has 0 N–H and O–H groups in total. The van der Waals surface area contributed by atoms with Crippen molar-refractivity contribution in [1.29, 1.82) is 0 Å². The van der Waals surface area contributed by atoms with Crippen molar-refractivity contribution in [3.05, 3.63) is 90.0 Å². The molecule has 1 atom stereocenters. The van der Waals surface area contributed by atoms with Crippen LogP contribution in [0.4, 0.5) is 3.89 Å². The van der Waals surface area contributed by atoms with Gasteiger partial charge in [-0.15, -0.1) is 0 Å². The van der Waals surface area contributed by atoms with Gasteiger partial charge in [0.15, 0.2) is 0 Å². The van der Waals surface area contributed by atoms with Gasteiger partial charge in [0.1, 0.15) is 0 Å². The van der Waals surface area contributed by atoms with Crippen LogP contribution in [0, 0.1) is 0 Å². The number of rotatable bonds is 4. The molecule has 0 spiro atoms. The van der Waals surface area contributed by atoms with Crippen molar-refractivity contribution >= 4 is 12.1 Å². The lowest BCUT2D eigenvalue weighted by Gasteiger charge is -2.33. The van der Waals surface area contributed by atoms with Crippen molar-refractivity contribution in [3.8, 4) is 0 Å². The molecular formula is C24H32FNS. The van der Waals surface area contributed by atoms with Gasteiger partial charge in [0.2, 0.25) is 0 Å². The highest BCUT2D eigenvalue weighted by molar-refractivity contribution is 7.94. The van der Waals surface area contributed by atoms with Crippen LogP contribution in [0.3, 0.4) is 0 Å². The topological polar surface area (TPSA) is 3.24 Å². The molecule has 2 aromatic rings. The third kappa shape index (κ3) is 6.37. The van der Waals surface area contributed by atoms with Crippen LogP contribution < -0.4 is 0 Å². The Morgan fingerprint density at radius 3 is 2.37 bits per heavy atom. The largest absolute Gasteiger partial charge is 0.301 e. The van der Waals surface area contributed by atoms with Gasteiger partial charge in [0.05, 0.1) is 12.1 Å². The maximum absolute atomic E-state index is 13.0. The number of hydrogen-bond donors (Lipinski definition) is 0. The van der Waals surface area contributed by atoms with Gasteiger partial charge in [-0.05, 0) is 47.9 Å². The number of hydrogen-bond acceptors (Lipinski definition) is 2. The summed E-state index contributed by atoms with van der Waals surface area (Å²) in [5.41, 5.74) is 5.38. The zero-order valence-electron chi connectivity index (χ0n) is 17.0.